The zero-order valence-electron chi connectivity index (χ0n) is 54.0. The van der Waals surface area contributed by atoms with Crippen LogP contribution < -0.4 is 9.44 Å². The Morgan fingerprint density at radius 3 is 1.23 bits per heavy atom. The molecule has 0 unspecified atom stereocenters. The second-order valence-corrected chi connectivity index (χ2v) is 34.8. The summed E-state index contributed by atoms with van der Waals surface area (Å²) in [6.45, 7) is -0.990. The summed E-state index contributed by atoms with van der Waals surface area (Å²) >= 11 is 8.66. The van der Waals surface area contributed by atoms with Gasteiger partial charge in [0.2, 0.25) is 20.0 Å². The molecule has 0 radical (unpaired) electrons. The molecular weight excluding hydrogens is 1670 g/mol. The van der Waals surface area contributed by atoms with E-state index in [1.807, 2.05) is 46.9 Å². The minimum atomic E-state index is -4.01. The van der Waals surface area contributed by atoms with Crippen molar-refractivity contribution >= 4 is 149 Å². The summed E-state index contributed by atoms with van der Waals surface area (Å²) in [4.78, 5) is 21.2. The molecule has 2 saturated carbocycles. The lowest BCUT2D eigenvalue weighted by molar-refractivity contribution is 0.350. The zero-order chi connectivity index (χ0) is 73.6. The summed E-state index contributed by atoms with van der Waals surface area (Å²) < 4.78 is 139. The maximum absolute atomic E-state index is 13.4. The maximum atomic E-state index is 13.4. The van der Waals surface area contributed by atoms with Crippen molar-refractivity contribution in [2.75, 3.05) is 19.8 Å². The summed E-state index contributed by atoms with van der Waals surface area (Å²) in [6.07, 6.45) is 9.79. The van der Waals surface area contributed by atoms with Crippen LogP contribution >= 0.6 is 54.5 Å². The highest BCUT2D eigenvalue weighted by Gasteiger charge is 2.31. The number of nitrogens with one attached hydrogen (secondary N) is 3. The van der Waals surface area contributed by atoms with Crippen molar-refractivity contribution in [3.63, 3.8) is 0 Å². The average molecular weight is 1730 g/mol. The number of benzene rings is 5. The number of aliphatic hydroxyl groups excluding tert-OH is 3. The summed E-state index contributed by atoms with van der Waals surface area (Å²) in [6, 6.07) is 52.0. The summed E-state index contributed by atoms with van der Waals surface area (Å²) in [5.41, 5.74) is 5.52. The van der Waals surface area contributed by atoms with Crippen LogP contribution in [0, 0.1) is 39.2 Å². The Labute approximate surface area is 629 Å². The van der Waals surface area contributed by atoms with Gasteiger partial charge in [0, 0.05) is 78.5 Å². The lowest BCUT2D eigenvalue weighted by Crippen LogP contribution is -2.25. The van der Waals surface area contributed by atoms with Crippen molar-refractivity contribution in [1.29, 1.82) is 0 Å². The van der Waals surface area contributed by atoms with Crippen molar-refractivity contribution in [1.82, 2.24) is 46.3 Å². The Morgan fingerprint density at radius 2 is 0.788 bits per heavy atom. The van der Waals surface area contributed by atoms with Gasteiger partial charge >= 0.3 is 0 Å². The molecule has 0 atom stereocenters. The fourth-order valence-electron chi connectivity index (χ4n) is 10.6. The molecule has 104 heavy (non-hydrogen) atoms. The van der Waals surface area contributed by atoms with Gasteiger partial charge in [0.25, 0.3) is 30.1 Å². The Balaban J connectivity index is 0.000000133. The van der Waals surface area contributed by atoms with Crippen LogP contribution in [0.5, 0.6) is 0 Å². The molecule has 528 valence electrons. The first-order chi connectivity index (χ1) is 49.9. The predicted molar refractivity (Wildman–Crippen MR) is 410 cm³/mol. The van der Waals surface area contributed by atoms with Gasteiger partial charge in [-0.05, 0) is 218 Å². The van der Waals surface area contributed by atoms with Gasteiger partial charge in [-0.25, -0.2) is 83.4 Å². The third kappa shape index (κ3) is 16.9. The number of sulfonamides is 2. The van der Waals surface area contributed by atoms with E-state index in [-0.39, 0.29) is 66.8 Å². The topological polar surface area (TPSA) is 338 Å². The number of nitrogens with zero attached hydrogens (tertiary/aromatic N) is 7. The molecule has 5 aromatic carbocycles. The van der Waals surface area contributed by atoms with Gasteiger partial charge in [-0.2, -0.15) is 0 Å². The van der Waals surface area contributed by atoms with Crippen LogP contribution in [0.15, 0.2) is 246 Å². The molecular formula is C73H57Br2IN10O13S5. The Hall–Kier alpha value is -9.22. The first kappa shape index (κ1) is 74.5. The van der Waals surface area contributed by atoms with Gasteiger partial charge in [-0.15, -0.1) is 0 Å². The number of halogens is 3. The first-order valence-electron chi connectivity index (χ1n) is 31.3. The van der Waals surface area contributed by atoms with Crippen molar-refractivity contribution < 1.29 is 57.4 Å². The number of pyridine rings is 4. The van der Waals surface area contributed by atoms with Crippen LogP contribution in [0.25, 0.3) is 66.4 Å². The van der Waals surface area contributed by atoms with E-state index in [0.29, 0.717) is 48.2 Å². The molecule has 15 rings (SSSR count). The number of rotatable bonds is 14. The normalized spacial score (nSPS) is 13.0. The molecule has 2 fully saturated rings. The number of fused-ring (bicyclic) bond motifs is 4. The van der Waals surface area contributed by atoms with Gasteiger partial charge in [-0.3, -0.25) is 0 Å². The SMILES string of the molecule is O=S(=O)(NC1CC1)c1cccc(-c2cnc3[nH]c(C#CCO)cc3c2)c1.O=S(=O)(NC1CC1)c1cccc(-c2cnc3c(c2)cc(C#CCO)n3S(=O)(=O)c2ccccc2)c1.O=S(=O)(c1ccccc1)n1c(C#CCO)cc2cc(Br)cnc21.O=S(=O)(c1ccccc1)n1c(I)cc2cc(Br)cnc21. The van der Waals surface area contributed by atoms with Crippen LogP contribution in [0.1, 0.15) is 42.8 Å². The predicted octanol–water partition coefficient (Wildman–Crippen LogP) is 10.8. The van der Waals surface area contributed by atoms with Crippen molar-refractivity contribution in [2.45, 2.75) is 62.2 Å². The Morgan fingerprint density at radius 1 is 0.413 bits per heavy atom. The highest BCUT2D eigenvalue weighted by molar-refractivity contribution is 14.1. The van der Waals surface area contributed by atoms with E-state index in [0.717, 1.165) is 64.5 Å². The third-order valence-corrected chi connectivity index (χ3v) is 25.8. The van der Waals surface area contributed by atoms with Gasteiger partial charge in [0.1, 0.15) is 36.9 Å². The van der Waals surface area contributed by atoms with Gasteiger partial charge < -0.3 is 20.3 Å². The second-order valence-electron chi connectivity index (χ2n) is 23.1. The van der Waals surface area contributed by atoms with E-state index in [4.69, 9.17) is 15.3 Å². The van der Waals surface area contributed by atoms with E-state index < -0.39 is 56.7 Å². The summed E-state index contributed by atoms with van der Waals surface area (Å²) in [5, 5.41) is 29.6. The standard InChI is InChI=1S/C25H21N3O5S2.C19H17N3O3S.C16H11BrN2O3S.C13H8BrIN2O2S/c29-13-5-7-22-15-19-14-20(18-6-4-10-24(16-18)34(30,31)27-21-11-12-21)17-26-25(19)28(22)35(32,33)23-8-2-1-3-9-23;23-8-2-4-17-10-14-9-15(12-20-19(14)21-17)13-3-1-5-18(11-13)26(24,25)22-16-6-7-16;17-13-9-12-10-14(5-4-8-20)19(16(12)18-11-13)23(21,22)15-6-2-1-3-7-15;14-10-6-9-7-12(15)17(13(9)16-8-10)20(18,19)11-4-2-1-3-5-11/h1-4,6,8-10,14-17,21,27,29H,11-13H2;1,3,5,9-12,16,22-23H,6-8H2,(H,20,21);1-3,6-7,9-11,20H,8H2;1-8H. The van der Waals surface area contributed by atoms with Crippen LogP contribution in [0.3, 0.4) is 0 Å². The van der Waals surface area contributed by atoms with Crippen LogP contribution in [0.4, 0.5) is 0 Å². The zero-order valence-corrected chi connectivity index (χ0v) is 63.5. The lowest BCUT2D eigenvalue weighted by atomic mass is 10.1. The average Bonchev–Trinajstić information content (AvgIpc) is 1.59. The lowest BCUT2D eigenvalue weighted by Gasteiger charge is -2.10. The van der Waals surface area contributed by atoms with E-state index in [1.165, 1.54) is 46.7 Å². The molecule has 0 spiro atoms. The van der Waals surface area contributed by atoms with Crippen LogP contribution in [-0.2, 0) is 50.1 Å². The molecule has 0 saturated heterocycles. The fourth-order valence-corrected chi connectivity index (χ4v) is 19.6. The highest BCUT2D eigenvalue weighted by Crippen LogP contribution is 2.34. The van der Waals surface area contributed by atoms with Crippen molar-refractivity contribution in [3.05, 3.63) is 243 Å². The molecule has 31 heteroatoms. The molecule has 0 amide bonds. The number of H-pyrrole nitrogens is 1. The minimum Gasteiger partial charge on any atom is -0.384 e. The molecule has 13 aromatic rings. The van der Waals surface area contributed by atoms with Gasteiger partial charge in [-0.1, -0.05) is 96.6 Å². The van der Waals surface area contributed by atoms with E-state index in [1.54, 1.807) is 146 Å². The number of aromatic amines is 1. The third-order valence-electron chi connectivity index (χ3n) is 15.6. The maximum Gasteiger partial charge on any atom is 0.270 e. The molecule has 2 aliphatic carbocycles. The Kier molecular flexibility index (Phi) is 22.7. The first-order valence-corrected chi connectivity index (χ1v) is 41.3. The molecule has 0 bridgehead atoms. The van der Waals surface area contributed by atoms with Crippen LogP contribution in [0.2, 0.25) is 0 Å². The van der Waals surface area contributed by atoms with Gasteiger partial charge in [0.05, 0.1) is 33.9 Å². The quantitative estimate of drug-likeness (QED) is 0.0435. The molecule has 0 aliphatic heterocycles. The molecule has 23 nitrogen and oxygen atoms in total. The smallest absolute Gasteiger partial charge is 0.270 e. The molecule has 8 heterocycles. The van der Waals surface area contributed by atoms with E-state index in [2.05, 4.69) is 102 Å². The summed E-state index contributed by atoms with van der Waals surface area (Å²) in [5.74, 6) is 15.8. The largest absolute Gasteiger partial charge is 0.384 e. The molecule has 2 aliphatic rings. The fraction of sp³-hybridized carbons (Fsp3) is 0.123. The van der Waals surface area contributed by atoms with E-state index >= 15 is 0 Å². The number of hydrogen-bond donors (Lipinski definition) is 6. The highest BCUT2D eigenvalue weighted by atomic mass is 127. The van der Waals surface area contributed by atoms with Crippen molar-refractivity contribution in [3.8, 4) is 57.8 Å². The number of hydrogen-bond acceptors (Lipinski definition) is 17. The second kappa shape index (κ2) is 31.6. The van der Waals surface area contributed by atoms with E-state index in [9.17, 15) is 42.1 Å². The molecule has 8 aromatic heterocycles. The summed E-state index contributed by atoms with van der Waals surface area (Å²) in [7, 11) is -18.6. The minimum absolute atomic E-state index is 0.00791. The number of aromatic nitrogens is 8. The number of aliphatic hydroxyl groups is 3. The van der Waals surface area contributed by atoms with Gasteiger partial charge in [0.15, 0.2) is 16.9 Å². The molecule has 6 N–H and O–H groups in total. The monoisotopic (exact) mass is 1730 g/mol. The van der Waals surface area contributed by atoms with Crippen molar-refractivity contribution in [2.24, 2.45) is 0 Å². The van der Waals surface area contributed by atoms with Crippen LogP contribution in [-0.4, -0.2) is 126 Å². The Bertz CT molecular complexity index is 6260.